The van der Waals surface area contributed by atoms with Crippen LogP contribution in [0.3, 0.4) is 0 Å². The van der Waals surface area contributed by atoms with Crippen molar-refractivity contribution in [1.82, 2.24) is 10.5 Å². The van der Waals surface area contributed by atoms with Crippen LogP contribution in [0.4, 0.5) is 0 Å². The van der Waals surface area contributed by atoms with Gasteiger partial charge in [0.1, 0.15) is 17.6 Å². The molecule has 5 nitrogen and oxygen atoms in total. The maximum Gasteiger partial charge on any atom is 0.203 e. The van der Waals surface area contributed by atoms with Gasteiger partial charge in [0.25, 0.3) is 0 Å². The fourth-order valence-electron chi connectivity index (χ4n) is 1.35. The topological polar surface area (TPSA) is 75.0 Å². The first-order valence-electron chi connectivity index (χ1n) is 4.89. The van der Waals surface area contributed by atoms with Crippen LogP contribution < -0.4 is 5.32 Å². The van der Waals surface area contributed by atoms with E-state index in [1.807, 2.05) is 19.1 Å². The highest BCUT2D eigenvalue weighted by Gasteiger charge is 2.02. The molecule has 16 heavy (non-hydrogen) atoms. The lowest BCUT2D eigenvalue weighted by Gasteiger charge is -1.97. The SMILES string of the molecule is Cc1cc(CNCc2ccc(C#N)o2)no1. The van der Waals surface area contributed by atoms with Crippen LogP contribution in [0, 0.1) is 18.3 Å². The monoisotopic (exact) mass is 217 g/mol. The number of furan rings is 1. The second-order valence-corrected chi connectivity index (χ2v) is 3.41. The Kier molecular flexibility index (Phi) is 3.03. The van der Waals surface area contributed by atoms with Crippen LogP contribution in [0.25, 0.3) is 0 Å². The van der Waals surface area contributed by atoms with E-state index in [0.29, 0.717) is 18.8 Å². The molecule has 0 saturated carbocycles. The predicted octanol–water partition coefficient (Wildman–Crippen LogP) is 1.74. The van der Waals surface area contributed by atoms with E-state index in [9.17, 15) is 0 Å². The molecule has 5 heteroatoms. The molecule has 0 spiro atoms. The Morgan fingerprint density at radius 1 is 1.44 bits per heavy atom. The summed E-state index contributed by atoms with van der Waals surface area (Å²) in [6, 6.07) is 7.24. The first-order valence-corrected chi connectivity index (χ1v) is 4.89. The smallest absolute Gasteiger partial charge is 0.203 e. The Morgan fingerprint density at radius 2 is 2.31 bits per heavy atom. The molecule has 0 atom stereocenters. The maximum absolute atomic E-state index is 8.57. The average Bonchev–Trinajstić information content (AvgIpc) is 2.88. The lowest BCUT2D eigenvalue weighted by Crippen LogP contribution is -2.12. The summed E-state index contributed by atoms with van der Waals surface area (Å²) in [4.78, 5) is 0. The van der Waals surface area contributed by atoms with Crippen molar-refractivity contribution in [1.29, 1.82) is 5.26 Å². The highest BCUT2D eigenvalue weighted by molar-refractivity contribution is 5.19. The van der Waals surface area contributed by atoms with Crippen molar-refractivity contribution in [3.8, 4) is 6.07 Å². The van der Waals surface area contributed by atoms with E-state index in [2.05, 4.69) is 10.5 Å². The van der Waals surface area contributed by atoms with Gasteiger partial charge in [0.15, 0.2) is 0 Å². The number of nitriles is 1. The van der Waals surface area contributed by atoms with Crippen molar-refractivity contribution in [2.24, 2.45) is 0 Å². The molecule has 82 valence electrons. The van der Waals surface area contributed by atoms with Gasteiger partial charge >= 0.3 is 0 Å². The molecule has 2 rings (SSSR count). The van der Waals surface area contributed by atoms with E-state index >= 15 is 0 Å². The molecule has 0 amide bonds. The summed E-state index contributed by atoms with van der Waals surface area (Å²) >= 11 is 0. The Morgan fingerprint density at radius 3 is 2.94 bits per heavy atom. The van der Waals surface area contributed by atoms with Gasteiger partial charge in [0.05, 0.1) is 12.2 Å². The summed E-state index contributed by atoms with van der Waals surface area (Å²) < 4.78 is 10.1. The van der Waals surface area contributed by atoms with Crippen LogP contribution >= 0.6 is 0 Å². The third-order valence-electron chi connectivity index (χ3n) is 2.05. The van der Waals surface area contributed by atoms with Crippen molar-refractivity contribution >= 4 is 0 Å². The molecule has 0 saturated heterocycles. The van der Waals surface area contributed by atoms with Crippen molar-refractivity contribution in [2.75, 3.05) is 0 Å². The Hall–Kier alpha value is -2.06. The molecule has 0 aliphatic carbocycles. The Labute approximate surface area is 92.7 Å². The maximum atomic E-state index is 8.57. The quantitative estimate of drug-likeness (QED) is 0.844. The third kappa shape index (κ3) is 2.49. The summed E-state index contributed by atoms with van der Waals surface area (Å²) in [6.07, 6.45) is 0. The van der Waals surface area contributed by atoms with Crippen molar-refractivity contribution in [3.63, 3.8) is 0 Å². The number of aryl methyl sites for hydroxylation is 1. The predicted molar refractivity (Wildman–Crippen MR) is 55.2 cm³/mol. The van der Waals surface area contributed by atoms with Crippen LogP contribution in [-0.4, -0.2) is 5.16 Å². The zero-order valence-electron chi connectivity index (χ0n) is 8.86. The lowest BCUT2D eigenvalue weighted by molar-refractivity contribution is 0.386. The minimum absolute atomic E-state index is 0.328. The first kappa shape index (κ1) is 10.5. The minimum atomic E-state index is 0.328. The largest absolute Gasteiger partial charge is 0.449 e. The molecule has 2 heterocycles. The summed E-state index contributed by atoms with van der Waals surface area (Å²) in [5, 5.41) is 15.6. The van der Waals surface area contributed by atoms with Gasteiger partial charge in [-0.2, -0.15) is 5.26 Å². The normalized spacial score (nSPS) is 10.2. The highest BCUT2D eigenvalue weighted by Crippen LogP contribution is 2.06. The standard InChI is InChI=1S/C11H11N3O2/c1-8-4-9(14-16-8)6-13-7-11-3-2-10(5-12)15-11/h2-4,13H,6-7H2,1H3. The van der Waals surface area contributed by atoms with Gasteiger partial charge < -0.3 is 14.3 Å². The van der Waals surface area contributed by atoms with Gasteiger partial charge in [-0.1, -0.05) is 5.16 Å². The van der Waals surface area contributed by atoms with Gasteiger partial charge in [-0.05, 0) is 19.1 Å². The molecule has 2 aromatic rings. The van der Waals surface area contributed by atoms with E-state index < -0.39 is 0 Å². The second-order valence-electron chi connectivity index (χ2n) is 3.41. The fraction of sp³-hybridized carbons (Fsp3) is 0.273. The fourth-order valence-corrected chi connectivity index (χ4v) is 1.35. The first-order chi connectivity index (χ1) is 7.78. The summed E-state index contributed by atoms with van der Waals surface area (Å²) in [7, 11) is 0. The third-order valence-corrected chi connectivity index (χ3v) is 2.05. The van der Waals surface area contributed by atoms with Crippen molar-refractivity contribution in [2.45, 2.75) is 20.0 Å². The molecule has 2 aromatic heterocycles. The van der Waals surface area contributed by atoms with Crippen LogP contribution in [0.15, 0.2) is 27.1 Å². The van der Waals surface area contributed by atoms with Crippen LogP contribution in [0.5, 0.6) is 0 Å². The molecule has 0 aliphatic heterocycles. The van der Waals surface area contributed by atoms with Crippen LogP contribution in [0.2, 0.25) is 0 Å². The van der Waals surface area contributed by atoms with Gasteiger partial charge in [-0.15, -0.1) is 0 Å². The number of nitrogens with zero attached hydrogens (tertiary/aromatic N) is 2. The van der Waals surface area contributed by atoms with E-state index in [0.717, 1.165) is 17.2 Å². The molecular formula is C11H11N3O2. The number of hydrogen-bond donors (Lipinski definition) is 1. The van der Waals surface area contributed by atoms with Gasteiger partial charge in [-0.25, -0.2) is 0 Å². The Balaban J connectivity index is 1.82. The van der Waals surface area contributed by atoms with E-state index in [1.54, 1.807) is 12.1 Å². The molecule has 0 fully saturated rings. The zero-order valence-corrected chi connectivity index (χ0v) is 8.86. The number of aromatic nitrogens is 1. The molecule has 0 unspecified atom stereocenters. The average molecular weight is 217 g/mol. The summed E-state index contributed by atoms with van der Waals surface area (Å²) in [5.41, 5.74) is 0.851. The van der Waals surface area contributed by atoms with Gasteiger partial charge in [-0.3, -0.25) is 0 Å². The summed E-state index contributed by atoms with van der Waals surface area (Å²) in [5.74, 6) is 1.85. The molecular weight excluding hydrogens is 206 g/mol. The van der Waals surface area contributed by atoms with E-state index in [1.165, 1.54) is 0 Å². The number of hydrogen-bond acceptors (Lipinski definition) is 5. The molecule has 1 N–H and O–H groups in total. The van der Waals surface area contributed by atoms with Crippen molar-refractivity contribution < 1.29 is 8.94 Å². The van der Waals surface area contributed by atoms with E-state index in [4.69, 9.17) is 14.2 Å². The van der Waals surface area contributed by atoms with Crippen molar-refractivity contribution in [3.05, 3.63) is 41.2 Å². The van der Waals surface area contributed by atoms with Crippen LogP contribution in [0.1, 0.15) is 23.0 Å². The zero-order chi connectivity index (χ0) is 11.4. The van der Waals surface area contributed by atoms with Crippen LogP contribution in [-0.2, 0) is 13.1 Å². The molecule has 0 aromatic carbocycles. The number of rotatable bonds is 4. The molecule has 0 aliphatic rings. The van der Waals surface area contributed by atoms with E-state index in [-0.39, 0.29) is 0 Å². The molecule has 0 radical (unpaired) electrons. The van der Waals surface area contributed by atoms with Gasteiger partial charge in [0.2, 0.25) is 5.76 Å². The Bertz CT molecular complexity index is 507. The highest BCUT2D eigenvalue weighted by atomic mass is 16.5. The number of nitrogens with one attached hydrogen (secondary N) is 1. The molecule has 0 bridgehead atoms. The lowest BCUT2D eigenvalue weighted by atomic mass is 10.3. The summed E-state index contributed by atoms with van der Waals surface area (Å²) in [6.45, 7) is 3.02. The second kappa shape index (κ2) is 4.64. The van der Waals surface area contributed by atoms with Gasteiger partial charge in [0, 0.05) is 12.6 Å². The minimum Gasteiger partial charge on any atom is -0.449 e.